The maximum atomic E-state index is 10.1. The van der Waals surface area contributed by atoms with Crippen LogP contribution in [0.25, 0.3) is 0 Å². The molecule has 72 valence electrons. The SMILES string of the molecule is O=C=NCCC1(N=C=O)CC1N=C=O. The van der Waals surface area contributed by atoms with E-state index in [0.29, 0.717) is 12.8 Å². The van der Waals surface area contributed by atoms with E-state index >= 15 is 0 Å². The van der Waals surface area contributed by atoms with Crippen molar-refractivity contribution in [1.82, 2.24) is 0 Å². The van der Waals surface area contributed by atoms with Crippen molar-refractivity contribution >= 4 is 18.2 Å². The molecule has 14 heavy (non-hydrogen) atoms. The molecule has 2 atom stereocenters. The van der Waals surface area contributed by atoms with Crippen molar-refractivity contribution in [2.75, 3.05) is 6.54 Å². The molecule has 0 radical (unpaired) electrons. The van der Waals surface area contributed by atoms with Crippen LogP contribution in [0.15, 0.2) is 15.0 Å². The minimum absolute atomic E-state index is 0.222. The summed E-state index contributed by atoms with van der Waals surface area (Å²) >= 11 is 0. The van der Waals surface area contributed by atoms with E-state index in [0.717, 1.165) is 0 Å². The number of rotatable bonds is 5. The second-order valence-electron chi connectivity index (χ2n) is 2.97. The van der Waals surface area contributed by atoms with Crippen LogP contribution < -0.4 is 0 Å². The summed E-state index contributed by atoms with van der Waals surface area (Å²) in [5.74, 6) is 0. The van der Waals surface area contributed by atoms with Gasteiger partial charge in [-0.1, -0.05) is 0 Å². The lowest BCUT2D eigenvalue weighted by Gasteiger charge is -2.03. The average molecular weight is 193 g/mol. The van der Waals surface area contributed by atoms with E-state index in [2.05, 4.69) is 15.0 Å². The molecule has 1 rings (SSSR count). The molecule has 0 heterocycles. The Morgan fingerprint density at radius 3 is 2.57 bits per heavy atom. The largest absolute Gasteiger partial charge is 0.235 e. The Labute approximate surface area is 79.5 Å². The van der Waals surface area contributed by atoms with Gasteiger partial charge in [-0.3, -0.25) is 0 Å². The van der Waals surface area contributed by atoms with E-state index in [-0.39, 0.29) is 12.6 Å². The van der Waals surface area contributed by atoms with Crippen LogP contribution >= 0.6 is 0 Å². The Kier molecular flexibility index (Phi) is 3.21. The summed E-state index contributed by atoms with van der Waals surface area (Å²) in [6.45, 7) is 0.222. The van der Waals surface area contributed by atoms with Gasteiger partial charge in [0.1, 0.15) is 5.54 Å². The molecule has 0 spiro atoms. The van der Waals surface area contributed by atoms with Crippen LogP contribution in [0.2, 0.25) is 0 Å². The standard InChI is InChI=1S/C8H7N3O3/c12-4-9-2-1-8(11-6-14)3-7(8)10-5-13/h7H,1-3H2. The molecule has 1 fully saturated rings. The fraction of sp³-hybridized carbons (Fsp3) is 0.625. The van der Waals surface area contributed by atoms with Crippen molar-refractivity contribution in [3.63, 3.8) is 0 Å². The molecular weight excluding hydrogens is 186 g/mol. The Morgan fingerprint density at radius 1 is 1.21 bits per heavy atom. The van der Waals surface area contributed by atoms with Crippen molar-refractivity contribution in [3.05, 3.63) is 0 Å². The van der Waals surface area contributed by atoms with Crippen LogP contribution in [-0.2, 0) is 14.4 Å². The molecule has 1 aliphatic carbocycles. The molecule has 0 amide bonds. The van der Waals surface area contributed by atoms with Gasteiger partial charge >= 0.3 is 0 Å². The van der Waals surface area contributed by atoms with Gasteiger partial charge in [0.25, 0.3) is 0 Å². The molecule has 1 saturated carbocycles. The van der Waals surface area contributed by atoms with Crippen molar-refractivity contribution < 1.29 is 14.4 Å². The van der Waals surface area contributed by atoms with E-state index in [1.807, 2.05) is 0 Å². The Balaban J connectivity index is 2.62. The van der Waals surface area contributed by atoms with Crippen molar-refractivity contribution in [3.8, 4) is 0 Å². The monoisotopic (exact) mass is 193 g/mol. The minimum Gasteiger partial charge on any atom is -0.211 e. The molecule has 0 bridgehead atoms. The fourth-order valence-electron chi connectivity index (χ4n) is 1.34. The molecule has 6 heteroatoms. The summed E-state index contributed by atoms with van der Waals surface area (Å²) in [5, 5.41) is 0. The van der Waals surface area contributed by atoms with Crippen LogP contribution in [0.1, 0.15) is 12.8 Å². The van der Waals surface area contributed by atoms with Gasteiger partial charge in [-0.15, -0.1) is 0 Å². The van der Waals surface area contributed by atoms with Crippen LogP contribution in [0.4, 0.5) is 0 Å². The predicted octanol–water partition coefficient (Wildman–Crippen LogP) is -0.105. The molecule has 0 aromatic carbocycles. The highest BCUT2D eigenvalue weighted by atomic mass is 16.1. The number of hydrogen-bond donors (Lipinski definition) is 0. The Hall–Kier alpha value is -1.86. The maximum Gasteiger partial charge on any atom is 0.235 e. The van der Waals surface area contributed by atoms with Crippen molar-refractivity contribution in [2.24, 2.45) is 15.0 Å². The second-order valence-corrected chi connectivity index (χ2v) is 2.97. The van der Waals surface area contributed by atoms with Gasteiger partial charge in [-0.2, -0.15) is 9.98 Å². The molecule has 0 saturated heterocycles. The number of carbonyl (C=O) groups excluding carboxylic acids is 3. The number of isocyanates is 3. The third kappa shape index (κ3) is 2.09. The van der Waals surface area contributed by atoms with Crippen LogP contribution in [0, 0.1) is 0 Å². The smallest absolute Gasteiger partial charge is 0.211 e. The van der Waals surface area contributed by atoms with Gasteiger partial charge in [0.05, 0.1) is 12.6 Å². The first-order valence-electron chi connectivity index (χ1n) is 3.99. The molecule has 0 aliphatic heterocycles. The summed E-state index contributed by atoms with van der Waals surface area (Å²) in [5.41, 5.74) is -0.681. The zero-order valence-electron chi connectivity index (χ0n) is 7.27. The van der Waals surface area contributed by atoms with E-state index in [1.54, 1.807) is 0 Å². The summed E-state index contributed by atoms with van der Waals surface area (Å²) < 4.78 is 0. The quantitative estimate of drug-likeness (QED) is 0.451. The Bertz CT molecular complexity index is 362. The lowest BCUT2D eigenvalue weighted by molar-refractivity contribution is 0.536. The average Bonchev–Trinajstić information content (AvgIpc) is 2.81. The first-order valence-corrected chi connectivity index (χ1v) is 3.99. The number of nitrogens with zero attached hydrogens (tertiary/aromatic N) is 3. The highest BCUT2D eigenvalue weighted by molar-refractivity contribution is 5.42. The summed E-state index contributed by atoms with van der Waals surface area (Å²) in [7, 11) is 0. The van der Waals surface area contributed by atoms with Gasteiger partial charge in [-0.25, -0.2) is 19.4 Å². The number of hydrogen-bond acceptors (Lipinski definition) is 6. The fourth-order valence-corrected chi connectivity index (χ4v) is 1.34. The summed E-state index contributed by atoms with van der Waals surface area (Å²) in [6.07, 6.45) is 5.13. The van der Waals surface area contributed by atoms with E-state index in [4.69, 9.17) is 0 Å². The zero-order valence-corrected chi connectivity index (χ0v) is 7.27. The molecule has 2 unspecified atom stereocenters. The molecule has 0 aromatic heterocycles. The topological polar surface area (TPSA) is 88.3 Å². The summed E-state index contributed by atoms with van der Waals surface area (Å²) in [4.78, 5) is 40.2. The van der Waals surface area contributed by atoms with Gasteiger partial charge in [0.15, 0.2) is 0 Å². The molecular formula is C8H7N3O3. The van der Waals surface area contributed by atoms with Gasteiger partial charge in [-0.05, 0) is 6.42 Å². The van der Waals surface area contributed by atoms with Crippen LogP contribution in [0.3, 0.4) is 0 Å². The molecule has 0 aromatic rings. The lowest BCUT2D eigenvalue weighted by atomic mass is 10.2. The van der Waals surface area contributed by atoms with Crippen LogP contribution in [-0.4, -0.2) is 36.4 Å². The van der Waals surface area contributed by atoms with Gasteiger partial charge in [0.2, 0.25) is 18.2 Å². The van der Waals surface area contributed by atoms with E-state index in [9.17, 15) is 14.4 Å². The van der Waals surface area contributed by atoms with Gasteiger partial charge < -0.3 is 0 Å². The summed E-state index contributed by atoms with van der Waals surface area (Å²) in [6, 6.07) is -0.316. The molecule has 1 aliphatic rings. The Morgan fingerprint density at radius 2 is 2.00 bits per heavy atom. The molecule has 6 nitrogen and oxygen atoms in total. The van der Waals surface area contributed by atoms with E-state index < -0.39 is 5.54 Å². The van der Waals surface area contributed by atoms with Crippen molar-refractivity contribution in [1.29, 1.82) is 0 Å². The third-order valence-corrected chi connectivity index (χ3v) is 2.20. The normalized spacial score (nSPS) is 27.9. The van der Waals surface area contributed by atoms with Crippen LogP contribution in [0.5, 0.6) is 0 Å². The molecule has 0 N–H and O–H groups in total. The first kappa shape index (κ1) is 10.2. The highest BCUT2D eigenvalue weighted by Gasteiger charge is 2.55. The predicted molar refractivity (Wildman–Crippen MR) is 45.0 cm³/mol. The second kappa shape index (κ2) is 4.40. The highest BCUT2D eigenvalue weighted by Crippen LogP contribution is 2.45. The van der Waals surface area contributed by atoms with Crippen molar-refractivity contribution in [2.45, 2.75) is 24.4 Å². The maximum absolute atomic E-state index is 10.1. The lowest BCUT2D eigenvalue weighted by Crippen LogP contribution is -2.12. The van der Waals surface area contributed by atoms with E-state index in [1.165, 1.54) is 18.2 Å². The minimum atomic E-state index is -0.681. The number of aliphatic imine (C=N–C) groups is 3. The zero-order chi connectivity index (χ0) is 10.4. The first-order chi connectivity index (χ1) is 6.79. The third-order valence-electron chi connectivity index (χ3n) is 2.20. The van der Waals surface area contributed by atoms with Gasteiger partial charge in [0, 0.05) is 6.42 Å².